The number of amides is 1. The number of halogens is 2. The van der Waals surface area contributed by atoms with Crippen LogP contribution in [0.4, 0.5) is 8.78 Å². The largest absolute Gasteiger partial charge is 0.435 e. The van der Waals surface area contributed by atoms with E-state index < -0.39 is 6.61 Å². The van der Waals surface area contributed by atoms with E-state index in [1.165, 1.54) is 12.1 Å². The lowest BCUT2D eigenvalue weighted by Crippen LogP contribution is -2.27. The number of carbonyl (C=O) groups excluding carboxylic acids is 1. The second kappa shape index (κ2) is 8.42. The van der Waals surface area contributed by atoms with Crippen LogP contribution in [0.25, 0.3) is 0 Å². The van der Waals surface area contributed by atoms with Crippen molar-refractivity contribution in [3.05, 3.63) is 29.8 Å². The summed E-state index contributed by atoms with van der Waals surface area (Å²) in [5.74, 6) is 0.150. The van der Waals surface area contributed by atoms with Crippen LogP contribution in [0.1, 0.15) is 18.9 Å². The highest BCUT2D eigenvalue weighted by molar-refractivity contribution is 5.75. The molecule has 0 heterocycles. The third kappa shape index (κ3) is 6.71. The quantitative estimate of drug-likeness (QED) is 0.711. The smallest absolute Gasteiger partial charge is 0.387 e. The molecule has 0 bridgehead atoms. The molecule has 19 heavy (non-hydrogen) atoms. The molecule has 0 aromatic heterocycles. The molecule has 0 aliphatic heterocycles. The van der Waals surface area contributed by atoms with E-state index in [0.29, 0.717) is 26.1 Å². The van der Waals surface area contributed by atoms with Gasteiger partial charge in [0.25, 0.3) is 0 Å². The van der Waals surface area contributed by atoms with Crippen LogP contribution in [0, 0.1) is 0 Å². The first kappa shape index (κ1) is 15.4. The maximum Gasteiger partial charge on any atom is 0.387 e. The number of benzene rings is 1. The van der Waals surface area contributed by atoms with Crippen molar-refractivity contribution >= 4 is 5.91 Å². The maximum absolute atomic E-state index is 11.9. The highest BCUT2D eigenvalue weighted by Crippen LogP contribution is 2.14. The maximum atomic E-state index is 11.9. The monoisotopic (exact) mass is 272 g/mol. The minimum absolute atomic E-state index is 0.00989. The topological polar surface area (TPSA) is 50.4 Å². The summed E-state index contributed by atoms with van der Waals surface area (Å²) in [4.78, 5) is 11.2. The van der Waals surface area contributed by atoms with Gasteiger partial charge < -0.3 is 15.4 Å². The molecule has 0 spiro atoms. The second-order valence-electron chi connectivity index (χ2n) is 3.90. The molecule has 0 unspecified atom stereocenters. The highest BCUT2D eigenvalue weighted by Gasteiger charge is 2.03. The van der Waals surface area contributed by atoms with E-state index in [4.69, 9.17) is 0 Å². The van der Waals surface area contributed by atoms with E-state index in [0.717, 1.165) is 5.56 Å². The summed E-state index contributed by atoms with van der Waals surface area (Å²) in [6, 6.07) is 6.40. The Bertz CT molecular complexity index is 383. The number of hydrogen-bond donors (Lipinski definition) is 2. The van der Waals surface area contributed by atoms with Crippen LogP contribution in [-0.4, -0.2) is 25.6 Å². The van der Waals surface area contributed by atoms with E-state index in [9.17, 15) is 13.6 Å². The minimum Gasteiger partial charge on any atom is -0.435 e. The van der Waals surface area contributed by atoms with Crippen LogP contribution in [0.15, 0.2) is 24.3 Å². The Morgan fingerprint density at radius 2 is 2.00 bits per heavy atom. The molecular formula is C13H18F2N2O2. The van der Waals surface area contributed by atoms with Gasteiger partial charge in [-0.25, -0.2) is 0 Å². The van der Waals surface area contributed by atoms with E-state index in [2.05, 4.69) is 15.4 Å². The number of hydrogen-bond acceptors (Lipinski definition) is 3. The van der Waals surface area contributed by atoms with Crippen molar-refractivity contribution in [2.24, 2.45) is 0 Å². The van der Waals surface area contributed by atoms with Gasteiger partial charge in [0.1, 0.15) is 5.75 Å². The average molecular weight is 272 g/mol. The molecule has 0 saturated carbocycles. The molecule has 0 radical (unpaired) electrons. The minimum atomic E-state index is -2.80. The second-order valence-corrected chi connectivity index (χ2v) is 3.90. The third-order valence-corrected chi connectivity index (χ3v) is 2.38. The van der Waals surface area contributed by atoms with Gasteiger partial charge in [0.2, 0.25) is 5.91 Å². The standard InChI is InChI=1S/C13H18F2N2O2/c1-2-17-12(18)7-8-16-9-10-3-5-11(6-4-10)19-13(14)15/h3-6,13,16H,2,7-9H2,1H3,(H,17,18). The molecule has 2 N–H and O–H groups in total. The fourth-order valence-electron chi connectivity index (χ4n) is 1.51. The fourth-order valence-corrected chi connectivity index (χ4v) is 1.51. The van der Waals surface area contributed by atoms with Gasteiger partial charge in [-0.3, -0.25) is 4.79 Å². The lowest BCUT2D eigenvalue weighted by molar-refractivity contribution is -0.120. The molecule has 1 aromatic rings. The van der Waals surface area contributed by atoms with Crippen molar-refractivity contribution in [2.75, 3.05) is 13.1 Å². The number of nitrogens with one attached hydrogen (secondary N) is 2. The Labute approximate surface area is 111 Å². The summed E-state index contributed by atoms with van der Waals surface area (Å²) in [5.41, 5.74) is 0.942. The average Bonchev–Trinajstić information content (AvgIpc) is 2.36. The molecule has 1 amide bonds. The number of ether oxygens (including phenoxy) is 1. The molecule has 0 saturated heterocycles. The predicted octanol–water partition coefficient (Wildman–Crippen LogP) is 1.90. The summed E-state index contributed by atoms with van der Waals surface area (Å²) >= 11 is 0. The molecule has 1 rings (SSSR count). The lowest BCUT2D eigenvalue weighted by atomic mass is 10.2. The third-order valence-electron chi connectivity index (χ3n) is 2.38. The first-order valence-electron chi connectivity index (χ1n) is 6.13. The summed E-state index contributed by atoms with van der Waals surface area (Å²) < 4.78 is 28.1. The Kier molecular flexibility index (Phi) is 6.81. The fraction of sp³-hybridized carbons (Fsp3) is 0.462. The van der Waals surface area contributed by atoms with E-state index in [1.54, 1.807) is 12.1 Å². The molecule has 106 valence electrons. The van der Waals surface area contributed by atoms with Crippen LogP contribution >= 0.6 is 0 Å². The van der Waals surface area contributed by atoms with Crippen molar-refractivity contribution in [1.29, 1.82) is 0 Å². The van der Waals surface area contributed by atoms with Gasteiger partial charge >= 0.3 is 6.61 Å². The van der Waals surface area contributed by atoms with Crippen molar-refractivity contribution in [2.45, 2.75) is 26.5 Å². The SMILES string of the molecule is CCNC(=O)CCNCc1ccc(OC(F)F)cc1. The summed E-state index contributed by atoms with van der Waals surface area (Å²) in [7, 11) is 0. The van der Waals surface area contributed by atoms with Crippen LogP contribution in [-0.2, 0) is 11.3 Å². The molecule has 6 heteroatoms. The number of carbonyl (C=O) groups is 1. The van der Waals surface area contributed by atoms with Crippen molar-refractivity contribution in [3.63, 3.8) is 0 Å². The molecule has 0 fully saturated rings. The molecule has 4 nitrogen and oxygen atoms in total. The van der Waals surface area contributed by atoms with Gasteiger partial charge in [-0.05, 0) is 24.6 Å². The van der Waals surface area contributed by atoms with E-state index in [1.807, 2.05) is 6.92 Å². The summed E-state index contributed by atoms with van der Waals surface area (Å²) in [6.45, 7) is 0.843. The number of alkyl halides is 2. The Morgan fingerprint density at radius 1 is 1.32 bits per heavy atom. The Balaban J connectivity index is 2.24. The van der Waals surface area contributed by atoms with Crippen molar-refractivity contribution in [1.82, 2.24) is 10.6 Å². The van der Waals surface area contributed by atoms with Gasteiger partial charge in [-0.2, -0.15) is 8.78 Å². The molecule has 0 aliphatic carbocycles. The van der Waals surface area contributed by atoms with Crippen molar-refractivity contribution in [3.8, 4) is 5.75 Å². The Morgan fingerprint density at radius 3 is 2.58 bits per heavy atom. The lowest BCUT2D eigenvalue weighted by Gasteiger charge is -2.07. The number of rotatable bonds is 8. The normalized spacial score (nSPS) is 10.5. The van der Waals surface area contributed by atoms with Gasteiger partial charge in [-0.1, -0.05) is 12.1 Å². The van der Waals surface area contributed by atoms with Crippen LogP contribution in [0.5, 0.6) is 5.75 Å². The first-order valence-corrected chi connectivity index (χ1v) is 6.13. The summed E-state index contributed by atoms with van der Waals surface area (Å²) in [5, 5.41) is 5.80. The zero-order valence-corrected chi connectivity index (χ0v) is 10.8. The van der Waals surface area contributed by atoms with E-state index >= 15 is 0 Å². The van der Waals surface area contributed by atoms with Gasteiger partial charge in [0, 0.05) is 26.1 Å². The van der Waals surface area contributed by atoms with Crippen LogP contribution < -0.4 is 15.4 Å². The molecule has 0 aliphatic rings. The first-order chi connectivity index (χ1) is 9.11. The highest BCUT2D eigenvalue weighted by atomic mass is 19.3. The van der Waals surface area contributed by atoms with E-state index in [-0.39, 0.29) is 11.7 Å². The van der Waals surface area contributed by atoms with Crippen LogP contribution in [0.2, 0.25) is 0 Å². The molecular weight excluding hydrogens is 254 g/mol. The van der Waals surface area contributed by atoms with Gasteiger partial charge in [-0.15, -0.1) is 0 Å². The molecule has 0 atom stereocenters. The predicted molar refractivity (Wildman–Crippen MR) is 68.1 cm³/mol. The Hall–Kier alpha value is -1.69. The van der Waals surface area contributed by atoms with Crippen LogP contribution in [0.3, 0.4) is 0 Å². The van der Waals surface area contributed by atoms with Gasteiger partial charge in [0.05, 0.1) is 0 Å². The zero-order valence-electron chi connectivity index (χ0n) is 10.8. The van der Waals surface area contributed by atoms with Crippen molar-refractivity contribution < 1.29 is 18.3 Å². The summed E-state index contributed by atoms with van der Waals surface area (Å²) in [6.07, 6.45) is 0.417. The molecule has 1 aromatic carbocycles. The zero-order chi connectivity index (χ0) is 14.1. The van der Waals surface area contributed by atoms with Gasteiger partial charge in [0.15, 0.2) is 0 Å².